The molecule has 0 saturated heterocycles. The highest BCUT2D eigenvalue weighted by molar-refractivity contribution is 9.10. The van der Waals surface area contributed by atoms with Crippen LogP contribution in [0.15, 0.2) is 17.0 Å². The quantitative estimate of drug-likeness (QED) is 0.881. The molecular formula is C16H21BrN4O2. The SMILES string of the molecule is Cc1nccn2c(C3CCC(CN(C)C(=O)O)CC3)nc(Br)c12. The largest absolute Gasteiger partial charge is 0.465 e. The van der Waals surface area contributed by atoms with Gasteiger partial charge < -0.3 is 10.0 Å². The van der Waals surface area contributed by atoms with Gasteiger partial charge in [0, 0.05) is 31.9 Å². The Labute approximate surface area is 143 Å². The van der Waals surface area contributed by atoms with Crippen molar-refractivity contribution >= 4 is 27.5 Å². The number of nitrogens with zero attached hydrogens (tertiary/aromatic N) is 4. The number of imidazole rings is 1. The minimum absolute atomic E-state index is 0.419. The van der Waals surface area contributed by atoms with Crippen LogP contribution in [0.1, 0.15) is 43.1 Å². The molecule has 7 heteroatoms. The van der Waals surface area contributed by atoms with E-state index in [1.54, 1.807) is 7.05 Å². The van der Waals surface area contributed by atoms with Crippen LogP contribution in [0.3, 0.4) is 0 Å². The number of aryl methyl sites for hydroxylation is 1. The number of halogens is 1. The lowest BCUT2D eigenvalue weighted by molar-refractivity contribution is 0.142. The Bertz CT molecular complexity index is 722. The van der Waals surface area contributed by atoms with E-state index in [4.69, 9.17) is 10.1 Å². The summed E-state index contributed by atoms with van der Waals surface area (Å²) >= 11 is 3.55. The van der Waals surface area contributed by atoms with Crippen LogP contribution in [0.25, 0.3) is 5.52 Å². The van der Waals surface area contributed by atoms with Crippen LogP contribution < -0.4 is 0 Å². The predicted octanol–water partition coefficient (Wildman–Crippen LogP) is 3.68. The highest BCUT2D eigenvalue weighted by Gasteiger charge is 2.27. The molecule has 0 unspecified atom stereocenters. The summed E-state index contributed by atoms with van der Waals surface area (Å²) in [7, 11) is 1.64. The normalized spacial score (nSPS) is 21.5. The first-order valence-electron chi connectivity index (χ1n) is 7.90. The first-order valence-corrected chi connectivity index (χ1v) is 8.69. The molecule has 1 N–H and O–H groups in total. The van der Waals surface area contributed by atoms with Gasteiger partial charge in [-0.25, -0.2) is 9.78 Å². The highest BCUT2D eigenvalue weighted by atomic mass is 79.9. The van der Waals surface area contributed by atoms with E-state index in [1.807, 2.05) is 19.3 Å². The molecule has 23 heavy (non-hydrogen) atoms. The number of hydrogen-bond acceptors (Lipinski definition) is 3. The van der Waals surface area contributed by atoms with Gasteiger partial charge in [0.25, 0.3) is 0 Å². The Morgan fingerprint density at radius 2 is 2.13 bits per heavy atom. The summed E-state index contributed by atoms with van der Waals surface area (Å²) in [5.41, 5.74) is 2.00. The fourth-order valence-electron chi connectivity index (χ4n) is 3.53. The van der Waals surface area contributed by atoms with Crippen molar-refractivity contribution in [2.24, 2.45) is 5.92 Å². The van der Waals surface area contributed by atoms with Gasteiger partial charge in [0.15, 0.2) is 0 Å². The van der Waals surface area contributed by atoms with Gasteiger partial charge in [0.05, 0.1) is 5.69 Å². The molecule has 0 aliphatic heterocycles. The smallest absolute Gasteiger partial charge is 0.407 e. The van der Waals surface area contributed by atoms with Gasteiger partial charge in [-0.15, -0.1) is 0 Å². The lowest BCUT2D eigenvalue weighted by Gasteiger charge is -2.29. The van der Waals surface area contributed by atoms with E-state index in [1.165, 1.54) is 4.90 Å². The fourth-order valence-corrected chi connectivity index (χ4v) is 4.18. The highest BCUT2D eigenvalue weighted by Crippen LogP contribution is 2.37. The Kier molecular flexibility index (Phi) is 4.57. The standard InChI is InChI=1S/C16H21BrN4O2/c1-10-13-14(17)19-15(21(13)8-7-18-10)12-5-3-11(4-6-12)9-20(2)16(22)23/h7-8,11-12H,3-6,9H2,1-2H3,(H,22,23). The summed E-state index contributed by atoms with van der Waals surface area (Å²) in [6.07, 6.45) is 7.11. The monoisotopic (exact) mass is 380 g/mol. The summed E-state index contributed by atoms with van der Waals surface area (Å²) in [5, 5.41) is 8.99. The van der Waals surface area contributed by atoms with Crippen molar-refractivity contribution in [3.63, 3.8) is 0 Å². The van der Waals surface area contributed by atoms with Crippen molar-refractivity contribution in [2.75, 3.05) is 13.6 Å². The second-order valence-electron chi connectivity index (χ2n) is 6.37. The van der Waals surface area contributed by atoms with Crippen LogP contribution in [0.5, 0.6) is 0 Å². The first-order chi connectivity index (χ1) is 11.0. The van der Waals surface area contributed by atoms with E-state index in [2.05, 4.69) is 25.3 Å². The topological polar surface area (TPSA) is 70.7 Å². The third-order valence-corrected chi connectivity index (χ3v) is 5.35. The Hall–Kier alpha value is -1.63. The van der Waals surface area contributed by atoms with Crippen LogP contribution in [0.4, 0.5) is 4.79 Å². The molecule has 1 fully saturated rings. The summed E-state index contributed by atoms with van der Waals surface area (Å²) < 4.78 is 2.99. The Morgan fingerprint density at radius 3 is 2.78 bits per heavy atom. The minimum atomic E-state index is -0.849. The molecule has 1 aliphatic rings. The molecule has 3 rings (SSSR count). The van der Waals surface area contributed by atoms with Crippen LogP contribution in [0.2, 0.25) is 0 Å². The second kappa shape index (κ2) is 6.47. The van der Waals surface area contributed by atoms with Gasteiger partial charge in [-0.1, -0.05) is 0 Å². The van der Waals surface area contributed by atoms with Crippen LogP contribution in [0, 0.1) is 12.8 Å². The molecule has 124 valence electrons. The molecule has 1 amide bonds. The zero-order valence-corrected chi connectivity index (χ0v) is 15.0. The summed E-state index contributed by atoms with van der Waals surface area (Å²) in [6, 6.07) is 0. The third-order valence-electron chi connectivity index (χ3n) is 4.79. The van der Waals surface area contributed by atoms with Gasteiger partial charge in [-0.05, 0) is 54.5 Å². The second-order valence-corrected chi connectivity index (χ2v) is 7.12. The van der Waals surface area contributed by atoms with E-state index in [9.17, 15) is 4.79 Å². The lowest BCUT2D eigenvalue weighted by Crippen LogP contribution is -2.32. The van der Waals surface area contributed by atoms with E-state index < -0.39 is 6.09 Å². The predicted molar refractivity (Wildman–Crippen MR) is 90.8 cm³/mol. The average Bonchev–Trinajstić information content (AvgIpc) is 2.86. The maximum Gasteiger partial charge on any atom is 0.407 e. The maximum atomic E-state index is 10.9. The molecule has 2 aromatic heterocycles. The van der Waals surface area contributed by atoms with Crippen molar-refractivity contribution < 1.29 is 9.90 Å². The summed E-state index contributed by atoms with van der Waals surface area (Å²) in [6.45, 7) is 2.61. The van der Waals surface area contributed by atoms with E-state index >= 15 is 0 Å². The molecule has 0 aromatic carbocycles. The lowest BCUT2D eigenvalue weighted by atomic mass is 9.81. The minimum Gasteiger partial charge on any atom is -0.465 e. The first kappa shape index (κ1) is 16.2. The molecule has 0 spiro atoms. The fraction of sp³-hybridized carbons (Fsp3) is 0.562. The molecular weight excluding hydrogens is 360 g/mol. The zero-order chi connectivity index (χ0) is 16.6. The van der Waals surface area contributed by atoms with Gasteiger partial charge in [0.1, 0.15) is 15.9 Å². The maximum absolute atomic E-state index is 10.9. The van der Waals surface area contributed by atoms with Crippen molar-refractivity contribution in [3.8, 4) is 0 Å². The molecule has 2 heterocycles. The number of amides is 1. The van der Waals surface area contributed by atoms with Gasteiger partial charge in [0.2, 0.25) is 0 Å². The Balaban J connectivity index is 1.73. The van der Waals surface area contributed by atoms with Crippen molar-refractivity contribution in [2.45, 2.75) is 38.5 Å². The molecule has 1 aliphatic carbocycles. The average molecular weight is 381 g/mol. The summed E-state index contributed by atoms with van der Waals surface area (Å²) in [5.74, 6) is 1.95. The van der Waals surface area contributed by atoms with E-state index in [0.717, 1.165) is 47.3 Å². The molecule has 0 radical (unpaired) electrons. The number of aromatic nitrogens is 3. The van der Waals surface area contributed by atoms with Crippen molar-refractivity contribution in [1.29, 1.82) is 0 Å². The molecule has 0 atom stereocenters. The summed E-state index contributed by atoms with van der Waals surface area (Å²) in [4.78, 5) is 21.4. The zero-order valence-electron chi connectivity index (χ0n) is 13.4. The van der Waals surface area contributed by atoms with Crippen molar-refractivity contribution in [3.05, 3.63) is 28.5 Å². The third kappa shape index (κ3) is 3.20. The number of fused-ring (bicyclic) bond motifs is 1. The van der Waals surface area contributed by atoms with Crippen molar-refractivity contribution in [1.82, 2.24) is 19.3 Å². The number of rotatable bonds is 3. The van der Waals surface area contributed by atoms with Gasteiger partial charge >= 0.3 is 6.09 Å². The number of hydrogen-bond donors (Lipinski definition) is 1. The number of carbonyl (C=O) groups is 1. The van der Waals surface area contributed by atoms with E-state index in [-0.39, 0.29) is 0 Å². The molecule has 2 aromatic rings. The van der Waals surface area contributed by atoms with E-state index in [0.29, 0.717) is 18.4 Å². The molecule has 6 nitrogen and oxygen atoms in total. The van der Waals surface area contributed by atoms with Gasteiger partial charge in [-0.3, -0.25) is 9.38 Å². The molecule has 1 saturated carbocycles. The van der Waals surface area contributed by atoms with Crippen LogP contribution >= 0.6 is 15.9 Å². The Morgan fingerprint density at radius 1 is 1.43 bits per heavy atom. The van der Waals surface area contributed by atoms with Gasteiger partial charge in [-0.2, -0.15) is 0 Å². The van der Waals surface area contributed by atoms with Crippen LogP contribution in [-0.2, 0) is 0 Å². The molecule has 0 bridgehead atoms. The number of carboxylic acid groups (broad SMARTS) is 1. The van der Waals surface area contributed by atoms with Crippen LogP contribution in [-0.4, -0.2) is 44.1 Å².